The molecule has 1 aromatic heterocycles. The monoisotopic (exact) mass is 392 g/mol. The normalized spacial score (nSPS) is 16.9. The van der Waals surface area contributed by atoms with Crippen LogP contribution < -0.4 is 10.2 Å². The summed E-state index contributed by atoms with van der Waals surface area (Å²) in [6.45, 7) is 4.30. The predicted octanol–water partition coefficient (Wildman–Crippen LogP) is 2.55. The zero-order valence-electron chi connectivity index (χ0n) is 16.3. The number of amides is 1. The molecular formula is C21H24N6O2. The van der Waals surface area contributed by atoms with Crippen molar-refractivity contribution < 1.29 is 9.53 Å². The van der Waals surface area contributed by atoms with Crippen LogP contribution in [0.2, 0.25) is 0 Å². The molecule has 1 aromatic carbocycles. The third-order valence-electron chi connectivity index (χ3n) is 5.24. The van der Waals surface area contributed by atoms with Crippen LogP contribution in [0.3, 0.4) is 0 Å². The Hall–Kier alpha value is -3.18. The lowest BCUT2D eigenvalue weighted by molar-refractivity contribution is 0.0303. The maximum atomic E-state index is 12.6. The van der Waals surface area contributed by atoms with Crippen LogP contribution in [0.1, 0.15) is 35.3 Å². The summed E-state index contributed by atoms with van der Waals surface area (Å²) in [5, 5.41) is 12.6. The molecule has 1 amide bonds. The fourth-order valence-corrected chi connectivity index (χ4v) is 3.61. The predicted molar refractivity (Wildman–Crippen MR) is 109 cm³/mol. The van der Waals surface area contributed by atoms with Crippen molar-refractivity contribution in [2.75, 3.05) is 49.6 Å². The van der Waals surface area contributed by atoms with Crippen molar-refractivity contribution in [2.45, 2.75) is 19.3 Å². The lowest BCUT2D eigenvalue weighted by Gasteiger charge is -2.27. The zero-order valence-corrected chi connectivity index (χ0v) is 16.3. The van der Waals surface area contributed by atoms with E-state index in [0.29, 0.717) is 37.7 Å². The van der Waals surface area contributed by atoms with Crippen molar-refractivity contribution >= 4 is 23.2 Å². The Morgan fingerprint density at radius 3 is 2.48 bits per heavy atom. The lowest BCUT2D eigenvalue weighted by Crippen LogP contribution is -2.40. The lowest BCUT2D eigenvalue weighted by atomic mass is 10.1. The maximum absolute atomic E-state index is 12.6. The molecule has 150 valence electrons. The molecule has 0 unspecified atom stereocenters. The summed E-state index contributed by atoms with van der Waals surface area (Å²) in [7, 11) is 0. The number of nitrogens with zero attached hydrogens (tertiary/aromatic N) is 5. The molecule has 3 heterocycles. The van der Waals surface area contributed by atoms with Crippen LogP contribution in [0.25, 0.3) is 0 Å². The van der Waals surface area contributed by atoms with Crippen LogP contribution in [0.15, 0.2) is 30.5 Å². The Balaban J connectivity index is 1.49. The van der Waals surface area contributed by atoms with Crippen molar-refractivity contribution in [1.82, 2.24) is 14.9 Å². The number of carbonyl (C=O) groups is 1. The second-order valence-electron chi connectivity index (χ2n) is 7.19. The molecule has 0 atom stereocenters. The third-order valence-corrected chi connectivity index (χ3v) is 5.24. The van der Waals surface area contributed by atoms with Gasteiger partial charge in [0, 0.05) is 37.4 Å². The van der Waals surface area contributed by atoms with Crippen LogP contribution in [0.4, 0.5) is 17.3 Å². The summed E-state index contributed by atoms with van der Waals surface area (Å²) < 4.78 is 5.30. The van der Waals surface area contributed by atoms with Gasteiger partial charge in [-0.1, -0.05) is 0 Å². The van der Waals surface area contributed by atoms with Crippen molar-refractivity contribution in [1.29, 1.82) is 5.26 Å². The number of aromatic nitrogens is 2. The quantitative estimate of drug-likeness (QED) is 0.854. The molecule has 2 saturated heterocycles. The van der Waals surface area contributed by atoms with Gasteiger partial charge in [-0.25, -0.2) is 9.97 Å². The smallest absolute Gasteiger partial charge is 0.254 e. The van der Waals surface area contributed by atoms with E-state index in [0.717, 1.165) is 37.4 Å². The second-order valence-corrected chi connectivity index (χ2v) is 7.19. The van der Waals surface area contributed by atoms with Crippen LogP contribution in [0.5, 0.6) is 0 Å². The van der Waals surface area contributed by atoms with E-state index in [-0.39, 0.29) is 11.6 Å². The van der Waals surface area contributed by atoms with E-state index >= 15 is 0 Å². The van der Waals surface area contributed by atoms with Gasteiger partial charge in [0.1, 0.15) is 11.9 Å². The number of nitrogens with one attached hydrogen (secondary N) is 1. The van der Waals surface area contributed by atoms with Crippen LogP contribution in [-0.2, 0) is 4.74 Å². The summed E-state index contributed by atoms with van der Waals surface area (Å²) in [6, 6.07) is 9.31. The molecule has 29 heavy (non-hydrogen) atoms. The van der Waals surface area contributed by atoms with E-state index in [1.807, 2.05) is 12.1 Å². The largest absolute Gasteiger partial charge is 0.378 e. The first-order chi connectivity index (χ1) is 14.2. The minimum atomic E-state index is 0.00412. The van der Waals surface area contributed by atoms with E-state index in [1.54, 1.807) is 23.2 Å². The average Bonchev–Trinajstić information content (AvgIpc) is 2.80. The first kappa shape index (κ1) is 19.2. The summed E-state index contributed by atoms with van der Waals surface area (Å²) >= 11 is 0. The highest BCUT2D eigenvalue weighted by molar-refractivity contribution is 5.94. The highest BCUT2D eigenvalue weighted by atomic mass is 16.5. The fraction of sp³-hybridized carbons (Fsp3) is 0.429. The van der Waals surface area contributed by atoms with Crippen molar-refractivity contribution in [3.8, 4) is 6.07 Å². The minimum Gasteiger partial charge on any atom is -0.378 e. The number of hydrogen-bond acceptors (Lipinski definition) is 7. The number of rotatable bonds is 4. The Morgan fingerprint density at radius 2 is 1.79 bits per heavy atom. The number of carbonyl (C=O) groups excluding carboxylic acids is 1. The van der Waals surface area contributed by atoms with E-state index < -0.39 is 0 Å². The molecule has 0 radical (unpaired) electrons. The summed E-state index contributed by atoms with van der Waals surface area (Å²) in [5.41, 5.74) is 1.63. The number of benzene rings is 1. The summed E-state index contributed by atoms with van der Waals surface area (Å²) in [6.07, 6.45) is 5.19. The SMILES string of the molecule is N#Cc1ncc(N2CCCCC2)nc1Nc1ccc(C(=O)N2CCOCC2)cc1. The Kier molecular flexibility index (Phi) is 5.86. The standard InChI is InChI=1S/C21H24N6O2/c22-14-18-20(25-19(15-23-18)26-8-2-1-3-9-26)24-17-6-4-16(5-7-17)21(28)27-10-12-29-13-11-27/h4-7,15H,1-3,8-13H2,(H,24,25). The molecule has 2 fully saturated rings. The van der Waals surface area contributed by atoms with E-state index in [4.69, 9.17) is 4.74 Å². The van der Waals surface area contributed by atoms with Gasteiger partial charge >= 0.3 is 0 Å². The van der Waals surface area contributed by atoms with E-state index in [1.165, 1.54) is 6.42 Å². The molecule has 0 bridgehead atoms. The van der Waals surface area contributed by atoms with E-state index in [9.17, 15) is 10.1 Å². The number of morpholine rings is 1. The van der Waals surface area contributed by atoms with Gasteiger partial charge < -0.3 is 19.9 Å². The molecule has 4 rings (SSSR count). The highest BCUT2D eigenvalue weighted by Gasteiger charge is 2.19. The Bertz CT molecular complexity index is 896. The van der Waals surface area contributed by atoms with Gasteiger partial charge in [-0.15, -0.1) is 0 Å². The van der Waals surface area contributed by atoms with E-state index in [2.05, 4.69) is 26.3 Å². The fourth-order valence-electron chi connectivity index (χ4n) is 3.61. The van der Waals surface area contributed by atoms with Gasteiger partial charge in [0.15, 0.2) is 11.5 Å². The van der Waals surface area contributed by atoms with Crippen molar-refractivity contribution in [3.63, 3.8) is 0 Å². The molecule has 2 aromatic rings. The molecule has 1 N–H and O–H groups in total. The molecule has 0 spiro atoms. The van der Waals surface area contributed by atoms with Gasteiger partial charge in [0.2, 0.25) is 0 Å². The zero-order chi connectivity index (χ0) is 20.1. The summed E-state index contributed by atoms with van der Waals surface area (Å²) in [5.74, 6) is 1.22. The number of ether oxygens (including phenoxy) is 1. The number of piperidine rings is 1. The topological polar surface area (TPSA) is 94.4 Å². The van der Waals surface area contributed by atoms with Gasteiger partial charge in [-0.2, -0.15) is 5.26 Å². The van der Waals surface area contributed by atoms with Gasteiger partial charge in [-0.3, -0.25) is 4.79 Å². The highest BCUT2D eigenvalue weighted by Crippen LogP contribution is 2.23. The summed E-state index contributed by atoms with van der Waals surface area (Å²) in [4.78, 5) is 25.5. The molecule has 2 aliphatic heterocycles. The molecule has 0 saturated carbocycles. The van der Waals surface area contributed by atoms with Crippen LogP contribution in [0, 0.1) is 11.3 Å². The number of anilines is 3. The Labute approximate surface area is 170 Å². The minimum absolute atomic E-state index is 0.00412. The number of nitriles is 1. The molecular weight excluding hydrogens is 368 g/mol. The first-order valence-corrected chi connectivity index (χ1v) is 10.0. The third kappa shape index (κ3) is 4.46. The van der Waals surface area contributed by atoms with Crippen molar-refractivity contribution in [3.05, 3.63) is 41.7 Å². The molecule has 2 aliphatic rings. The van der Waals surface area contributed by atoms with Crippen molar-refractivity contribution in [2.24, 2.45) is 0 Å². The first-order valence-electron chi connectivity index (χ1n) is 10.0. The van der Waals surface area contributed by atoms with Gasteiger partial charge in [0.25, 0.3) is 5.91 Å². The molecule has 0 aliphatic carbocycles. The van der Waals surface area contributed by atoms with Crippen LogP contribution >= 0.6 is 0 Å². The average molecular weight is 392 g/mol. The number of hydrogen-bond donors (Lipinski definition) is 1. The Morgan fingerprint density at radius 1 is 1.07 bits per heavy atom. The maximum Gasteiger partial charge on any atom is 0.254 e. The van der Waals surface area contributed by atoms with Gasteiger partial charge in [-0.05, 0) is 43.5 Å². The van der Waals surface area contributed by atoms with Crippen LogP contribution in [-0.4, -0.2) is 60.2 Å². The molecule has 8 nitrogen and oxygen atoms in total. The second kappa shape index (κ2) is 8.88. The van der Waals surface area contributed by atoms with Gasteiger partial charge in [0.05, 0.1) is 19.4 Å². The molecule has 8 heteroatoms.